The second-order valence-electron chi connectivity index (χ2n) is 7.19. The van der Waals surface area contributed by atoms with E-state index < -0.39 is 0 Å². The topological polar surface area (TPSA) is 56.8 Å². The molecule has 1 N–H and O–H groups in total. The van der Waals surface area contributed by atoms with E-state index in [0.29, 0.717) is 36.3 Å². The van der Waals surface area contributed by atoms with Crippen LogP contribution in [0.2, 0.25) is 5.02 Å². The molecule has 30 heavy (non-hydrogen) atoms. The Labute approximate surface area is 190 Å². The first-order valence-electron chi connectivity index (χ1n) is 9.69. The van der Waals surface area contributed by atoms with Crippen molar-refractivity contribution in [1.29, 1.82) is 0 Å². The van der Waals surface area contributed by atoms with Crippen LogP contribution in [0.5, 0.6) is 11.5 Å². The number of amides is 1. The van der Waals surface area contributed by atoms with Gasteiger partial charge in [-0.1, -0.05) is 39.7 Å². The number of carbonyl (C=O) groups excluding carboxylic acids is 1. The SMILES string of the molecule is COc1cc(/C=C/C(=O)NCC2(c3cccc(Br)c3)CCOCC2)cc(Cl)c1OC. The summed E-state index contributed by atoms with van der Waals surface area (Å²) in [6, 6.07) is 11.8. The molecular weight excluding hydrogens is 470 g/mol. The van der Waals surface area contributed by atoms with Crippen molar-refractivity contribution in [2.75, 3.05) is 34.0 Å². The number of methoxy groups -OCH3 is 2. The molecule has 2 aromatic rings. The fraction of sp³-hybridized carbons (Fsp3) is 0.348. The van der Waals surface area contributed by atoms with Crippen molar-refractivity contribution in [3.05, 3.63) is 63.1 Å². The van der Waals surface area contributed by atoms with Crippen molar-refractivity contribution < 1.29 is 19.0 Å². The molecule has 160 valence electrons. The van der Waals surface area contributed by atoms with Gasteiger partial charge in [-0.3, -0.25) is 4.79 Å². The summed E-state index contributed by atoms with van der Waals surface area (Å²) in [5.41, 5.74) is 1.81. The van der Waals surface area contributed by atoms with Crippen LogP contribution in [0.3, 0.4) is 0 Å². The van der Waals surface area contributed by atoms with E-state index in [9.17, 15) is 4.79 Å². The summed E-state index contributed by atoms with van der Waals surface area (Å²) in [7, 11) is 3.08. The molecule has 0 saturated carbocycles. The van der Waals surface area contributed by atoms with Gasteiger partial charge in [0.1, 0.15) is 0 Å². The molecule has 7 heteroatoms. The predicted molar refractivity (Wildman–Crippen MR) is 122 cm³/mol. The van der Waals surface area contributed by atoms with E-state index in [0.717, 1.165) is 22.9 Å². The first kappa shape index (κ1) is 22.7. The van der Waals surface area contributed by atoms with Crippen molar-refractivity contribution in [3.63, 3.8) is 0 Å². The number of benzene rings is 2. The molecule has 3 rings (SSSR count). The van der Waals surface area contributed by atoms with Gasteiger partial charge in [-0.25, -0.2) is 0 Å². The maximum Gasteiger partial charge on any atom is 0.244 e. The van der Waals surface area contributed by atoms with Gasteiger partial charge in [0, 0.05) is 35.7 Å². The van der Waals surface area contributed by atoms with Crippen molar-refractivity contribution in [1.82, 2.24) is 5.32 Å². The van der Waals surface area contributed by atoms with Gasteiger partial charge in [0.2, 0.25) is 5.91 Å². The summed E-state index contributed by atoms with van der Waals surface area (Å²) >= 11 is 9.79. The summed E-state index contributed by atoms with van der Waals surface area (Å²) in [6.07, 6.45) is 4.93. The smallest absolute Gasteiger partial charge is 0.244 e. The highest BCUT2D eigenvalue weighted by molar-refractivity contribution is 9.10. The average Bonchev–Trinajstić information content (AvgIpc) is 2.76. The fourth-order valence-electron chi connectivity index (χ4n) is 3.67. The van der Waals surface area contributed by atoms with E-state index in [2.05, 4.69) is 33.4 Å². The Morgan fingerprint density at radius 3 is 2.67 bits per heavy atom. The number of hydrogen-bond donors (Lipinski definition) is 1. The molecule has 1 aliphatic heterocycles. The van der Waals surface area contributed by atoms with Crippen LogP contribution in [-0.2, 0) is 14.9 Å². The van der Waals surface area contributed by atoms with Gasteiger partial charge in [-0.05, 0) is 54.3 Å². The number of ether oxygens (including phenoxy) is 3. The highest BCUT2D eigenvalue weighted by atomic mass is 79.9. The van der Waals surface area contributed by atoms with Crippen LogP contribution in [0.25, 0.3) is 6.08 Å². The third-order valence-corrected chi connectivity index (χ3v) is 6.14. The maximum atomic E-state index is 12.5. The minimum absolute atomic E-state index is 0.141. The van der Waals surface area contributed by atoms with E-state index in [1.807, 2.05) is 12.1 Å². The molecule has 2 aromatic carbocycles. The minimum Gasteiger partial charge on any atom is -0.493 e. The lowest BCUT2D eigenvalue weighted by Crippen LogP contribution is -2.44. The van der Waals surface area contributed by atoms with E-state index in [4.69, 9.17) is 25.8 Å². The Kier molecular flexibility index (Phi) is 7.81. The zero-order valence-corrected chi connectivity index (χ0v) is 19.4. The van der Waals surface area contributed by atoms with Crippen LogP contribution in [0.15, 0.2) is 46.9 Å². The maximum absolute atomic E-state index is 12.5. The molecule has 0 radical (unpaired) electrons. The van der Waals surface area contributed by atoms with Gasteiger partial charge >= 0.3 is 0 Å². The summed E-state index contributed by atoms with van der Waals surface area (Å²) in [5, 5.41) is 3.49. The van der Waals surface area contributed by atoms with Gasteiger partial charge in [-0.15, -0.1) is 0 Å². The lowest BCUT2D eigenvalue weighted by molar-refractivity contribution is -0.116. The Morgan fingerprint density at radius 2 is 2.00 bits per heavy atom. The molecule has 0 unspecified atom stereocenters. The molecule has 5 nitrogen and oxygen atoms in total. The van der Waals surface area contributed by atoms with Gasteiger partial charge in [0.25, 0.3) is 0 Å². The molecule has 0 aliphatic carbocycles. The number of hydrogen-bond acceptors (Lipinski definition) is 4. The zero-order valence-electron chi connectivity index (χ0n) is 17.0. The van der Waals surface area contributed by atoms with E-state index in [1.165, 1.54) is 18.7 Å². The van der Waals surface area contributed by atoms with Crippen LogP contribution >= 0.6 is 27.5 Å². The van der Waals surface area contributed by atoms with E-state index in [1.54, 1.807) is 25.3 Å². The molecule has 1 heterocycles. The lowest BCUT2D eigenvalue weighted by atomic mass is 9.74. The molecule has 0 aromatic heterocycles. The highest BCUT2D eigenvalue weighted by Crippen LogP contribution is 2.37. The third-order valence-electron chi connectivity index (χ3n) is 5.37. The lowest BCUT2D eigenvalue weighted by Gasteiger charge is -2.38. The van der Waals surface area contributed by atoms with Crippen molar-refractivity contribution >= 4 is 39.5 Å². The number of rotatable bonds is 7. The Morgan fingerprint density at radius 1 is 1.23 bits per heavy atom. The van der Waals surface area contributed by atoms with Crippen LogP contribution in [0.4, 0.5) is 0 Å². The second-order valence-corrected chi connectivity index (χ2v) is 8.52. The van der Waals surface area contributed by atoms with Crippen LogP contribution < -0.4 is 14.8 Å². The Bertz CT molecular complexity index is 925. The molecule has 1 aliphatic rings. The first-order chi connectivity index (χ1) is 14.5. The van der Waals surface area contributed by atoms with E-state index >= 15 is 0 Å². The summed E-state index contributed by atoms with van der Waals surface area (Å²) in [5.74, 6) is 0.818. The van der Waals surface area contributed by atoms with Crippen LogP contribution in [0, 0.1) is 0 Å². The largest absolute Gasteiger partial charge is 0.493 e. The van der Waals surface area contributed by atoms with Crippen LogP contribution in [-0.4, -0.2) is 39.9 Å². The highest BCUT2D eigenvalue weighted by Gasteiger charge is 2.34. The summed E-state index contributed by atoms with van der Waals surface area (Å²) < 4.78 is 17.1. The molecule has 1 fully saturated rings. The normalized spacial score (nSPS) is 15.7. The van der Waals surface area contributed by atoms with Crippen molar-refractivity contribution in [2.24, 2.45) is 0 Å². The number of carbonyl (C=O) groups is 1. The van der Waals surface area contributed by atoms with Gasteiger partial charge < -0.3 is 19.5 Å². The van der Waals surface area contributed by atoms with Crippen molar-refractivity contribution in [2.45, 2.75) is 18.3 Å². The minimum atomic E-state index is -0.165. The fourth-order valence-corrected chi connectivity index (χ4v) is 4.36. The molecule has 1 saturated heterocycles. The Hall–Kier alpha value is -2.02. The first-order valence-corrected chi connectivity index (χ1v) is 10.9. The number of nitrogens with one attached hydrogen (secondary N) is 1. The third kappa shape index (κ3) is 5.36. The van der Waals surface area contributed by atoms with Gasteiger partial charge in [0.05, 0.1) is 19.2 Å². The molecule has 0 atom stereocenters. The zero-order chi connectivity index (χ0) is 21.6. The van der Waals surface area contributed by atoms with Crippen molar-refractivity contribution in [3.8, 4) is 11.5 Å². The van der Waals surface area contributed by atoms with E-state index in [-0.39, 0.29) is 11.3 Å². The van der Waals surface area contributed by atoms with Gasteiger partial charge in [-0.2, -0.15) is 0 Å². The summed E-state index contributed by atoms with van der Waals surface area (Å²) in [6.45, 7) is 1.91. The number of halogens is 2. The summed E-state index contributed by atoms with van der Waals surface area (Å²) in [4.78, 5) is 12.5. The molecule has 1 amide bonds. The predicted octanol–water partition coefficient (Wildman–Crippen LogP) is 5.00. The monoisotopic (exact) mass is 493 g/mol. The van der Waals surface area contributed by atoms with Gasteiger partial charge in [0.15, 0.2) is 11.5 Å². The molecular formula is C23H25BrClNO4. The standard InChI is InChI=1S/C23H25BrClNO4/c1-28-20-13-16(12-19(25)22(20)29-2)6-7-21(27)26-15-23(8-10-30-11-9-23)17-4-3-5-18(24)14-17/h3-7,12-14H,8-11,15H2,1-2H3,(H,26,27)/b7-6+. The second kappa shape index (κ2) is 10.3. The molecule has 0 bridgehead atoms. The average molecular weight is 495 g/mol. The quantitative estimate of drug-likeness (QED) is 0.551. The van der Waals surface area contributed by atoms with Crippen LogP contribution in [0.1, 0.15) is 24.0 Å². The Balaban J connectivity index is 1.71. The molecule has 0 spiro atoms.